The molecule has 0 spiro atoms. The van der Waals surface area contributed by atoms with Gasteiger partial charge in [-0.05, 0) is 89.4 Å². The molecule has 6 N–H and O–H groups in total. The van der Waals surface area contributed by atoms with Gasteiger partial charge in [-0.25, -0.2) is 17.8 Å². The van der Waals surface area contributed by atoms with Crippen molar-refractivity contribution in [1.29, 1.82) is 5.26 Å². The van der Waals surface area contributed by atoms with Gasteiger partial charge in [-0.2, -0.15) is 10.2 Å². The molecule has 0 saturated heterocycles. The number of ether oxygens (including phenoxy) is 2. The molecule has 4 aromatic carbocycles. The third kappa shape index (κ3) is 11.2. The molecule has 1 aromatic heterocycles. The van der Waals surface area contributed by atoms with Crippen LogP contribution in [0, 0.1) is 28.0 Å². The van der Waals surface area contributed by atoms with Crippen molar-refractivity contribution in [3.05, 3.63) is 129 Å². The Morgan fingerprint density at radius 3 is 2.22 bits per heavy atom. The summed E-state index contributed by atoms with van der Waals surface area (Å²) in [4.78, 5) is 34.1. The molecule has 1 aliphatic carbocycles. The van der Waals surface area contributed by atoms with E-state index in [1.807, 2.05) is 45.9 Å². The maximum Gasteiger partial charge on any atom is 0.253 e. The lowest BCUT2D eigenvalue weighted by atomic mass is 9.46. The highest BCUT2D eigenvalue weighted by molar-refractivity contribution is 9.10. The Bertz CT molecular complexity index is 2650. The number of nitrogens with zero attached hydrogens (tertiary/aromatic N) is 3. The number of nitrogens with one attached hydrogen (secondary N) is 4. The molecular formula is C47H51BrClFN8O6S. The first kappa shape index (κ1) is 48.7. The van der Waals surface area contributed by atoms with Gasteiger partial charge in [0.2, 0.25) is 16.0 Å². The number of rotatable bonds is 21. The van der Waals surface area contributed by atoms with E-state index in [2.05, 4.69) is 52.6 Å². The number of anilines is 5. The van der Waals surface area contributed by atoms with E-state index >= 15 is 0 Å². The van der Waals surface area contributed by atoms with E-state index in [0.29, 0.717) is 50.8 Å². The second-order valence-corrected chi connectivity index (χ2v) is 19.9. The molecule has 18 heteroatoms. The molecule has 0 bridgehead atoms. The Balaban J connectivity index is 0.953. The molecule has 1 heterocycles. The number of primary amides is 1. The number of sulfonamides is 1. The van der Waals surface area contributed by atoms with E-state index in [1.54, 1.807) is 54.6 Å². The van der Waals surface area contributed by atoms with Crippen molar-refractivity contribution in [3.8, 4) is 11.8 Å². The van der Waals surface area contributed by atoms with E-state index < -0.39 is 38.3 Å². The molecule has 6 rings (SSSR count). The fourth-order valence-electron chi connectivity index (χ4n) is 8.50. The first-order valence-corrected chi connectivity index (χ1v) is 23.8. The summed E-state index contributed by atoms with van der Waals surface area (Å²) in [5.41, 5.74) is 4.57. The second-order valence-electron chi connectivity index (χ2n) is 16.8. The normalized spacial score (nSPS) is 17.2. The number of benzene rings is 4. The number of nitriles is 1. The summed E-state index contributed by atoms with van der Waals surface area (Å²) < 4.78 is 56.5. The van der Waals surface area contributed by atoms with Gasteiger partial charge in [-0.1, -0.05) is 89.2 Å². The number of hydrogen-bond donors (Lipinski definition) is 5. The van der Waals surface area contributed by atoms with E-state index in [-0.39, 0.29) is 40.8 Å². The van der Waals surface area contributed by atoms with Crippen LogP contribution in [0.15, 0.2) is 102 Å². The van der Waals surface area contributed by atoms with Crippen LogP contribution >= 0.6 is 27.5 Å². The minimum atomic E-state index is -3.61. The van der Waals surface area contributed by atoms with Crippen LogP contribution in [-0.2, 0) is 14.8 Å². The van der Waals surface area contributed by atoms with Crippen LogP contribution in [0.4, 0.5) is 33.2 Å². The summed E-state index contributed by atoms with van der Waals surface area (Å²) in [5, 5.41) is 18.8. The van der Waals surface area contributed by atoms with Crippen LogP contribution in [0.25, 0.3) is 0 Å². The average Bonchev–Trinajstić information content (AvgIpc) is 3.26. The highest BCUT2D eigenvalue weighted by atomic mass is 79.9. The first-order valence-electron chi connectivity index (χ1n) is 21.0. The van der Waals surface area contributed by atoms with Gasteiger partial charge in [-0.3, -0.25) is 14.3 Å². The lowest BCUT2D eigenvalue weighted by molar-refractivity contribution is -0.338. The number of halogens is 3. The molecule has 65 heavy (non-hydrogen) atoms. The summed E-state index contributed by atoms with van der Waals surface area (Å²) in [6, 6.07) is 26.7. The molecule has 0 radical (unpaired) electrons. The van der Waals surface area contributed by atoms with Crippen molar-refractivity contribution in [3.63, 3.8) is 0 Å². The first-order chi connectivity index (χ1) is 30.9. The summed E-state index contributed by atoms with van der Waals surface area (Å²) in [6.45, 7) is 8.41. The molecule has 1 aliphatic rings. The quantitative estimate of drug-likeness (QED) is 0.0345. The van der Waals surface area contributed by atoms with Gasteiger partial charge in [0.05, 0.1) is 42.9 Å². The van der Waals surface area contributed by atoms with Crippen molar-refractivity contribution in [2.24, 2.45) is 16.6 Å². The van der Waals surface area contributed by atoms with Crippen LogP contribution < -0.4 is 31.1 Å². The zero-order valence-corrected chi connectivity index (χ0v) is 39.5. The van der Waals surface area contributed by atoms with Gasteiger partial charge in [-0.15, -0.1) is 0 Å². The summed E-state index contributed by atoms with van der Waals surface area (Å²) >= 11 is 9.67. The Kier molecular flexibility index (Phi) is 15.4. The molecule has 0 unspecified atom stereocenters. The lowest BCUT2D eigenvalue weighted by Gasteiger charge is -2.70. The number of carbonyl (C=O) groups excluding carboxylic acids is 2. The Morgan fingerprint density at radius 2 is 1.55 bits per heavy atom. The van der Waals surface area contributed by atoms with Gasteiger partial charge in [0.15, 0.2) is 5.72 Å². The smallest absolute Gasteiger partial charge is 0.253 e. The number of unbranched alkanes of at least 4 members (excludes halogenated alkanes) is 5. The molecule has 0 aliphatic heterocycles. The molecule has 1 fully saturated rings. The number of nitrogens with two attached hydrogens (primary N) is 1. The number of carbonyl (C=O) groups is 2. The minimum Gasteiger partial charge on any atom is -0.489 e. The van der Waals surface area contributed by atoms with Gasteiger partial charge >= 0.3 is 0 Å². The average molecular weight is 990 g/mol. The van der Waals surface area contributed by atoms with Crippen LogP contribution in [0.3, 0.4) is 0 Å². The Labute approximate surface area is 392 Å². The van der Waals surface area contributed by atoms with Crippen LogP contribution in [0.2, 0.25) is 5.02 Å². The van der Waals surface area contributed by atoms with Gasteiger partial charge < -0.3 is 31.2 Å². The minimum absolute atomic E-state index is 0.0346. The lowest BCUT2D eigenvalue weighted by Crippen LogP contribution is -2.84. The van der Waals surface area contributed by atoms with E-state index in [4.69, 9.17) is 26.8 Å². The molecular weight excluding hydrogens is 939 g/mol. The van der Waals surface area contributed by atoms with Crippen LogP contribution in [-0.4, -0.2) is 54.4 Å². The van der Waals surface area contributed by atoms with Crippen LogP contribution in [0.5, 0.6) is 5.75 Å². The van der Waals surface area contributed by atoms with Crippen LogP contribution in [0.1, 0.15) is 92.5 Å². The van der Waals surface area contributed by atoms with E-state index in [9.17, 15) is 27.7 Å². The largest absolute Gasteiger partial charge is 0.489 e. The number of amides is 2. The number of hydrogen-bond acceptors (Lipinski definition) is 11. The summed E-state index contributed by atoms with van der Waals surface area (Å²) in [5.74, 6) is -1.05. The molecule has 0 atom stereocenters. The number of aromatic nitrogens is 2. The second kappa shape index (κ2) is 20.6. The zero-order valence-electron chi connectivity index (χ0n) is 36.4. The van der Waals surface area contributed by atoms with Gasteiger partial charge in [0.25, 0.3) is 11.8 Å². The fourth-order valence-corrected chi connectivity index (χ4v) is 10.2. The maximum absolute atomic E-state index is 14.3. The van der Waals surface area contributed by atoms with Crippen molar-refractivity contribution in [2.75, 3.05) is 27.7 Å². The summed E-state index contributed by atoms with van der Waals surface area (Å²) in [7, 11) is -3.61. The van der Waals surface area contributed by atoms with Gasteiger partial charge in [0, 0.05) is 35.8 Å². The van der Waals surface area contributed by atoms with Crippen molar-refractivity contribution < 1.29 is 31.9 Å². The standard InChI is InChI=1S/C47H51BrClFN8O6S/c1-45(2)43(64-34-24-19-31(28-51)36(49)27-34)46(3,4)47(45,57-42(60)30-15-10-9-11-16-30)63-25-12-7-5-6-8-13-26-65(61,62)58-33-22-20-32(21-23-33)54-44-53-29-35(48)41(56-44)55-38-18-14-17-37(50)39(38)40(52)59/h9-11,14-24,27,29,43,58H,5-8,12-13,25-26H2,1-4H3,(H2,52,59)(H,57,60)(H2,53,54,55,56). The van der Waals surface area contributed by atoms with E-state index in [0.717, 1.165) is 38.2 Å². The fraction of sp³-hybridized carbons (Fsp3) is 0.340. The van der Waals surface area contributed by atoms with E-state index in [1.165, 1.54) is 18.3 Å². The highest BCUT2D eigenvalue weighted by Gasteiger charge is 2.76. The topological polar surface area (TPSA) is 210 Å². The van der Waals surface area contributed by atoms with Crippen molar-refractivity contribution >= 4 is 78.2 Å². The Morgan fingerprint density at radius 1 is 0.892 bits per heavy atom. The molecule has 342 valence electrons. The maximum atomic E-state index is 14.3. The third-order valence-electron chi connectivity index (χ3n) is 11.6. The predicted octanol–water partition coefficient (Wildman–Crippen LogP) is 10.2. The van der Waals surface area contributed by atoms with Crippen molar-refractivity contribution in [1.82, 2.24) is 15.3 Å². The van der Waals surface area contributed by atoms with Gasteiger partial charge in [0.1, 0.15) is 29.6 Å². The molecule has 14 nitrogen and oxygen atoms in total. The monoisotopic (exact) mass is 988 g/mol. The molecule has 2 amide bonds. The summed E-state index contributed by atoms with van der Waals surface area (Å²) in [6.07, 6.45) is 5.62. The third-order valence-corrected chi connectivity index (χ3v) is 13.8. The Hall–Kier alpha value is -5.80. The zero-order chi connectivity index (χ0) is 47.0. The van der Waals surface area contributed by atoms with Crippen molar-refractivity contribution in [2.45, 2.75) is 78.0 Å². The highest BCUT2D eigenvalue weighted by Crippen LogP contribution is 2.63. The molecule has 1 saturated carbocycles. The SMILES string of the molecule is CC1(C)C(Oc2ccc(C#N)c(Cl)c2)C(C)(C)C1(NC(=O)c1ccccc1)OCCCCCCCCS(=O)(=O)Nc1ccc(Nc2ncc(Br)c(Nc3cccc(F)c3C(N)=O)n2)cc1. The predicted molar refractivity (Wildman–Crippen MR) is 254 cm³/mol. The molecule has 5 aromatic rings.